The van der Waals surface area contributed by atoms with Crippen molar-refractivity contribution in [2.24, 2.45) is 5.92 Å². The van der Waals surface area contributed by atoms with Crippen LogP contribution in [0, 0.1) is 5.92 Å². The predicted molar refractivity (Wildman–Crippen MR) is 133 cm³/mol. The molecule has 36 heavy (non-hydrogen) atoms. The van der Waals surface area contributed by atoms with E-state index in [1.807, 2.05) is 18.2 Å². The lowest BCUT2D eigenvalue weighted by atomic mass is 9.99. The summed E-state index contributed by atoms with van der Waals surface area (Å²) in [6.45, 7) is 1.99. The lowest BCUT2D eigenvalue weighted by Gasteiger charge is -2.21. The Bertz CT molecular complexity index is 1170. The van der Waals surface area contributed by atoms with Crippen molar-refractivity contribution < 1.29 is 24.2 Å². The molecule has 1 unspecified atom stereocenters. The number of rotatable bonds is 9. The Kier molecular flexibility index (Phi) is 7.06. The number of carboxylic acids is 1. The van der Waals surface area contributed by atoms with Crippen molar-refractivity contribution in [2.45, 2.75) is 51.0 Å². The fourth-order valence-corrected chi connectivity index (χ4v) is 5.30. The number of carboxylic acid groups (broad SMARTS) is 1. The highest BCUT2D eigenvalue weighted by Crippen LogP contribution is 2.30. The van der Waals surface area contributed by atoms with Crippen LogP contribution in [0.2, 0.25) is 0 Å². The fraction of sp³-hybridized carbons (Fsp3) is 0.481. The average molecular weight is 493 g/mol. The molecule has 4 heterocycles. The summed E-state index contributed by atoms with van der Waals surface area (Å²) in [5.74, 6) is 0.165. The van der Waals surface area contributed by atoms with Gasteiger partial charge in [-0.1, -0.05) is 18.2 Å². The smallest absolute Gasteiger partial charge is 0.305 e. The molecule has 2 amide bonds. The summed E-state index contributed by atoms with van der Waals surface area (Å²) in [7, 11) is 0. The number of carbonyl (C=O) groups excluding carboxylic acids is 2. The molecule has 3 aliphatic heterocycles. The summed E-state index contributed by atoms with van der Waals surface area (Å²) in [4.78, 5) is 43.5. The number of anilines is 1. The Labute approximate surface area is 210 Å². The van der Waals surface area contributed by atoms with Gasteiger partial charge in [0.2, 0.25) is 11.8 Å². The second-order valence-electron chi connectivity index (χ2n) is 9.81. The van der Waals surface area contributed by atoms with Crippen LogP contribution in [0.15, 0.2) is 30.3 Å². The quantitative estimate of drug-likeness (QED) is 0.492. The standard InChI is InChI=1S/C27H32N4O5/c32-24(30-22(15-25(33)34)20-4-3-17-10-13-36-23(17)14-20)16-31-12-9-19(27(31)35)6-8-21-7-5-18-2-1-11-28-26(18)29-21/h3-5,7,14,19,22H,1-2,6,8-13,15-16H2,(H,28,29)(H,30,32)(H,33,34)/t19-,22?/m0/s1. The second kappa shape index (κ2) is 10.6. The normalized spacial score (nSPS) is 19.2. The number of fused-ring (bicyclic) bond motifs is 2. The highest BCUT2D eigenvalue weighted by Gasteiger charge is 2.33. The third kappa shape index (κ3) is 5.45. The van der Waals surface area contributed by atoms with E-state index in [1.165, 1.54) is 5.56 Å². The minimum Gasteiger partial charge on any atom is -0.493 e. The molecule has 0 radical (unpaired) electrons. The molecule has 9 heteroatoms. The van der Waals surface area contributed by atoms with Crippen molar-refractivity contribution in [3.05, 3.63) is 52.7 Å². The molecule has 9 nitrogen and oxygen atoms in total. The Balaban J connectivity index is 1.15. The van der Waals surface area contributed by atoms with Gasteiger partial charge in [0.25, 0.3) is 0 Å². The summed E-state index contributed by atoms with van der Waals surface area (Å²) in [6, 6.07) is 9.03. The third-order valence-electron chi connectivity index (χ3n) is 7.28. The highest BCUT2D eigenvalue weighted by atomic mass is 16.5. The fourth-order valence-electron chi connectivity index (χ4n) is 5.30. The van der Waals surface area contributed by atoms with E-state index in [0.29, 0.717) is 38.0 Å². The number of amides is 2. The van der Waals surface area contributed by atoms with Crippen molar-refractivity contribution in [3.63, 3.8) is 0 Å². The number of hydrogen-bond donors (Lipinski definition) is 3. The maximum Gasteiger partial charge on any atom is 0.305 e. The van der Waals surface area contributed by atoms with Gasteiger partial charge in [0.1, 0.15) is 11.6 Å². The molecular formula is C27H32N4O5. The molecule has 190 valence electrons. The summed E-state index contributed by atoms with van der Waals surface area (Å²) in [5, 5.41) is 15.5. The molecule has 5 rings (SSSR count). The SMILES string of the molecule is O=C(O)CC(NC(=O)CN1CC[C@H](CCc2ccc3c(n2)NCCC3)C1=O)c1ccc2c(c1)OCC2. The second-order valence-corrected chi connectivity index (χ2v) is 9.81. The number of hydrogen-bond acceptors (Lipinski definition) is 6. The van der Waals surface area contributed by atoms with E-state index in [4.69, 9.17) is 9.72 Å². The molecule has 3 aliphatic rings. The van der Waals surface area contributed by atoms with Crippen molar-refractivity contribution in [2.75, 3.05) is 31.6 Å². The van der Waals surface area contributed by atoms with E-state index in [2.05, 4.69) is 16.7 Å². The molecule has 2 aromatic rings. The first-order chi connectivity index (χ1) is 17.5. The van der Waals surface area contributed by atoms with Crippen LogP contribution in [-0.4, -0.2) is 59.0 Å². The minimum absolute atomic E-state index is 0.0260. The van der Waals surface area contributed by atoms with Gasteiger partial charge in [-0.2, -0.15) is 0 Å². The van der Waals surface area contributed by atoms with Crippen molar-refractivity contribution in [1.29, 1.82) is 0 Å². The zero-order chi connectivity index (χ0) is 25.1. The first-order valence-corrected chi connectivity index (χ1v) is 12.7. The zero-order valence-electron chi connectivity index (χ0n) is 20.3. The van der Waals surface area contributed by atoms with Gasteiger partial charge in [-0.15, -0.1) is 0 Å². The summed E-state index contributed by atoms with van der Waals surface area (Å²) < 4.78 is 5.59. The van der Waals surface area contributed by atoms with E-state index in [-0.39, 0.29) is 30.7 Å². The monoisotopic (exact) mass is 492 g/mol. The number of pyridine rings is 1. The number of nitrogens with zero attached hydrogens (tertiary/aromatic N) is 2. The molecule has 0 aliphatic carbocycles. The third-order valence-corrected chi connectivity index (χ3v) is 7.28. The van der Waals surface area contributed by atoms with Crippen LogP contribution in [0.5, 0.6) is 5.75 Å². The number of benzene rings is 1. The van der Waals surface area contributed by atoms with Crippen LogP contribution in [0.4, 0.5) is 5.82 Å². The molecule has 1 aromatic carbocycles. The molecule has 0 bridgehead atoms. The van der Waals surface area contributed by atoms with Crippen molar-refractivity contribution >= 4 is 23.6 Å². The maximum absolute atomic E-state index is 13.0. The van der Waals surface area contributed by atoms with Crippen LogP contribution < -0.4 is 15.4 Å². The van der Waals surface area contributed by atoms with Gasteiger partial charge in [-0.3, -0.25) is 14.4 Å². The topological polar surface area (TPSA) is 121 Å². The van der Waals surface area contributed by atoms with E-state index in [9.17, 15) is 19.5 Å². The largest absolute Gasteiger partial charge is 0.493 e. The molecule has 0 spiro atoms. The average Bonchev–Trinajstić information content (AvgIpc) is 3.48. The van der Waals surface area contributed by atoms with Gasteiger partial charge in [0.05, 0.1) is 25.6 Å². The number of aliphatic carboxylic acids is 1. The van der Waals surface area contributed by atoms with Crippen LogP contribution in [0.25, 0.3) is 0 Å². The van der Waals surface area contributed by atoms with Crippen molar-refractivity contribution in [1.82, 2.24) is 15.2 Å². The van der Waals surface area contributed by atoms with E-state index < -0.39 is 12.0 Å². The Morgan fingerprint density at radius 1 is 1.22 bits per heavy atom. The molecule has 0 saturated carbocycles. The number of aryl methyl sites for hydroxylation is 2. The van der Waals surface area contributed by atoms with Gasteiger partial charge in [0.15, 0.2) is 0 Å². The van der Waals surface area contributed by atoms with Gasteiger partial charge in [-0.25, -0.2) is 4.98 Å². The predicted octanol–water partition coefficient (Wildman–Crippen LogP) is 2.49. The van der Waals surface area contributed by atoms with Crippen LogP contribution in [-0.2, 0) is 33.6 Å². The molecule has 3 N–H and O–H groups in total. The molecule has 1 saturated heterocycles. The van der Waals surface area contributed by atoms with Gasteiger partial charge in [-0.05, 0) is 60.9 Å². The number of ether oxygens (including phenoxy) is 1. The van der Waals surface area contributed by atoms with Crippen LogP contribution >= 0.6 is 0 Å². The molecule has 1 fully saturated rings. The lowest BCUT2D eigenvalue weighted by Crippen LogP contribution is -2.40. The Hall–Kier alpha value is -3.62. The van der Waals surface area contributed by atoms with Gasteiger partial charge in [0, 0.05) is 31.1 Å². The molecular weight excluding hydrogens is 460 g/mol. The Morgan fingerprint density at radius 2 is 2.08 bits per heavy atom. The summed E-state index contributed by atoms with van der Waals surface area (Å²) in [5.41, 5.74) is 3.98. The number of likely N-dealkylation sites (tertiary alicyclic amines) is 1. The van der Waals surface area contributed by atoms with E-state index in [0.717, 1.165) is 48.6 Å². The minimum atomic E-state index is -1.01. The van der Waals surface area contributed by atoms with E-state index >= 15 is 0 Å². The zero-order valence-corrected chi connectivity index (χ0v) is 20.3. The number of nitrogens with one attached hydrogen (secondary N) is 2. The summed E-state index contributed by atoms with van der Waals surface area (Å²) in [6.07, 6.45) is 4.85. The van der Waals surface area contributed by atoms with Crippen LogP contribution in [0.1, 0.15) is 54.1 Å². The van der Waals surface area contributed by atoms with Crippen LogP contribution in [0.3, 0.4) is 0 Å². The number of aromatic nitrogens is 1. The summed E-state index contributed by atoms with van der Waals surface area (Å²) >= 11 is 0. The van der Waals surface area contributed by atoms with Crippen molar-refractivity contribution in [3.8, 4) is 5.75 Å². The number of carbonyl (C=O) groups is 3. The maximum atomic E-state index is 13.0. The lowest BCUT2D eigenvalue weighted by molar-refractivity contribution is -0.138. The molecule has 2 atom stereocenters. The molecule has 1 aromatic heterocycles. The highest BCUT2D eigenvalue weighted by molar-refractivity contribution is 5.87. The Morgan fingerprint density at radius 3 is 2.94 bits per heavy atom. The van der Waals surface area contributed by atoms with Gasteiger partial charge >= 0.3 is 5.97 Å². The first kappa shape index (κ1) is 24.1. The van der Waals surface area contributed by atoms with E-state index in [1.54, 1.807) is 11.0 Å². The van der Waals surface area contributed by atoms with Gasteiger partial charge < -0.3 is 25.4 Å². The first-order valence-electron chi connectivity index (χ1n) is 12.7.